The summed E-state index contributed by atoms with van der Waals surface area (Å²) in [5.41, 5.74) is 3.26. The third-order valence-corrected chi connectivity index (χ3v) is 3.87. The van der Waals surface area contributed by atoms with E-state index in [0.717, 1.165) is 19.3 Å². The van der Waals surface area contributed by atoms with Crippen LogP contribution in [0.15, 0.2) is 42.5 Å². The zero-order valence-corrected chi connectivity index (χ0v) is 11.3. The van der Waals surface area contributed by atoms with Gasteiger partial charge in [0.2, 0.25) is 0 Å². The predicted octanol–water partition coefficient (Wildman–Crippen LogP) is 4.45. The van der Waals surface area contributed by atoms with Crippen LogP contribution in [0.5, 0.6) is 0 Å². The van der Waals surface area contributed by atoms with Crippen molar-refractivity contribution in [3.63, 3.8) is 0 Å². The summed E-state index contributed by atoms with van der Waals surface area (Å²) in [7, 11) is 0. The van der Waals surface area contributed by atoms with Crippen LogP contribution < -0.4 is 5.32 Å². The standard InChI is InChI=1S/C16H15ClFN/c17-13-6-8-15(18)16(10-13)19-14-7-5-11-3-1-2-4-12(11)9-14/h1-4,6,8,10,14,19H,5,7,9H2. The summed E-state index contributed by atoms with van der Waals surface area (Å²) in [6, 6.07) is 13.3. The van der Waals surface area contributed by atoms with Crippen molar-refractivity contribution in [2.24, 2.45) is 0 Å². The molecule has 98 valence electrons. The Balaban J connectivity index is 1.77. The summed E-state index contributed by atoms with van der Waals surface area (Å²) in [5, 5.41) is 3.83. The molecule has 2 aromatic carbocycles. The molecule has 0 heterocycles. The molecular weight excluding hydrogens is 261 g/mol. The van der Waals surface area contributed by atoms with E-state index in [1.807, 2.05) is 0 Å². The zero-order chi connectivity index (χ0) is 13.2. The van der Waals surface area contributed by atoms with E-state index >= 15 is 0 Å². The second-order valence-corrected chi connectivity index (χ2v) is 5.41. The van der Waals surface area contributed by atoms with Gasteiger partial charge in [-0.2, -0.15) is 0 Å². The molecule has 2 aromatic rings. The van der Waals surface area contributed by atoms with Crippen molar-refractivity contribution in [3.8, 4) is 0 Å². The normalized spacial score (nSPS) is 17.9. The molecule has 1 N–H and O–H groups in total. The number of aryl methyl sites for hydroxylation is 1. The number of nitrogens with one attached hydrogen (secondary N) is 1. The lowest BCUT2D eigenvalue weighted by molar-refractivity contribution is 0.592. The van der Waals surface area contributed by atoms with Crippen molar-refractivity contribution in [3.05, 3.63) is 64.4 Å². The summed E-state index contributed by atoms with van der Waals surface area (Å²) in [6.07, 6.45) is 2.99. The number of fused-ring (bicyclic) bond motifs is 1. The highest BCUT2D eigenvalue weighted by atomic mass is 35.5. The quantitative estimate of drug-likeness (QED) is 0.854. The Morgan fingerprint density at radius 1 is 1.11 bits per heavy atom. The van der Waals surface area contributed by atoms with Crippen LogP contribution in [-0.2, 0) is 12.8 Å². The molecule has 19 heavy (non-hydrogen) atoms. The van der Waals surface area contributed by atoms with Gasteiger partial charge in [-0.05, 0) is 48.6 Å². The Morgan fingerprint density at radius 2 is 1.89 bits per heavy atom. The van der Waals surface area contributed by atoms with Crippen molar-refractivity contribution in [2.45, 2.75) is 25.3 Å². The molecule has 0 spiro atoms. The highest BCUT2D eigenvalue weighted by molar-refractivity contribution is 6.30. The van der Waals surface area contributed by atoms with Gasteiger partial charge < -0.3 is 5.32 Å². The topological polar surface area (TPSA) is 12.0 Å². The second-order valence-electron chi connectivity index (χ2n) is 4.98. The van der Waals surface area contributed by atoms with Crippen LogP contribution in [0.3, 0.4) is 0 Å². The molecule has 1 nitrogen and oxygen atoms in total. The lowest BCUT2D eigenvalue weighted by Gasteiger charge is -2.26. The summed E-state index contributed by atoms with van der Waals surface area (Å²) in [5.74, 6) is -0.247. The maximum absolute atomic E-state index is 13.7. The van der Waals surface area contributed by atoms with E-state index in [1.54, 1.807) is 12.1 Å². The van der Waals surface area contributed by atoms with E-state index < -0.39 is 0 Å². The minimum atomic E-state index is -0.247. The summed E-state index contributed by atoms with van der Waals surface area (Å²) < 4.78 is 13.7. The molecule has 0 aliphatic heterocycles. The van der Waals surface area contributed by atoms with Gasteiger partial charge in [-0.25, -0.2) is 4.39 Å². The molecule has 3 heteroatoms. The maximum Gasteiger partial charge on any atom is 0.146 e. The number of halogens is 2. The van der Waals surface area contributed by atoms with E-state index in [9.17, 15) is 4.39 Å². The van der Waals surface area contributed by atoms with E-state index in [2.05, 4.69) is 29.6 Å². The Bertz CT molecular complexity index is 597. The first-order valence-electron chi connectivity index (χ1n) is 6.51. The van der Waals surface area contributed by atoms with Gasteiger partial charge in [0.1, 0.15) is 5.82 Å². The van der Waals surface area contributed by atoms with E-state index in [0.29, 0.717) is 10.7 Å². The fraction of sp³-hybridized carbons (Fsp3) is 0.250. The van der Waals surface area contributed by atoms with Crippen molar-refractivity contribution < 1.29 is 4.39 Å². The van der Waals surface area contributed by atoms with Crippen molar-refractivity contribution >= 4 is 17.3 Å². The first-order valence-corrected chi connectivity index (χ1v) is 6.88. The monoisotopic (exact) mass is 275 g/mol. The number of anilines is 1. The van der Waals surface area contributed by atoms with Crippen molar-refractivity contribution in [1.29, 1.82) is 0 Å². The minimum absolute atomic E-state index is 0.247. The van der Waals surface area contributed by atoms with Gasteiger partial charge >= 0.3 is 0 Å². The summed E-state index contributed by atoms with van der Waals surface area (Å²) >= 11 is 5.91. The molecule has 1 aliphatic carbocycles. The third-order valence-electron chi connectivity index (χ3n) is 3.63. The number of benzene rings is 2. The predicted molar refractivity (Wildman–Crippen MR) is 77.3 cm³/mol. The Hall–Kier alpha value is -1.54. The van der Waals surface area contributed by atoms with Crippen LogP contribution in [0.25, 0.3) is 0 Å². The molecule has 0 radical (unpaired) electrons. The Morgan fingerprint density at radius 3 is 2.74 bits per heavy atom. The van der Waals surface area contributed by atoms with Gasteiger partial charge in [-0.3, -0.25) is 0 Å². The van der Waals surface area contributed by atoms with Crippen LogP contribution in [-0.4, -0.2) is 6.04 Å². The molecule has 0 saturated carbocycles. The summed E-state index contributed by atoms with van der Waals surface area (Å²) in [4.78, 5) is 0. The van der Waals surface area contributed by atoms with Crippen LogP contribution in [0.2, 0.25) is 5.02 Å². The lowest BCUT2D eigenvalue weighted by Crippen LogP contribution is -2.27. The highest BCUT2D eigenvalue weighted by Gasteiger charge is 2.18. The maximum atomic E-state index is 13.7. The Labute approximate surface area is 117 Å². The molecule has 0 saturated heterocycles. The second kappa shape index (κ2) is 5.22. The molecule has 0 aromatic heterocycles. The van der Waals surface area contributed by atoms with E-state index in [1.165, 1.54) is 17.2 Å². The van der Waals surface area contributed by atoms with E-state index in [4.69, 9.17) is 11.6 Å². The van der Waals surface area contributed by atoms with Crippen molar-refractivity contribution in [2.75, 3.05) is 5.32 Å². The van der Waals surface area contributed by atoms with Gasteiger partial charge in [0.25, 0.3) is 0 Å². The smallest absolute Gasteiger partial charge is 0.146 e. The third kappa shape index (κ3) is 2.74. The molecule has 0 bridgehead atoms. The first kappa shape index (κ1) is 12.5. The number of hydrogen-bond acceptors (Lipinski definition) is 1. The van der Waals surface area contributed by atoms with Crippen LogP contribution in [0, 0.1) is 5.82 Å². The fourth-order valence-corrected chi connectivity index (χ4v) is 2.82. The van der Waals surface area contributed by atoms with Gasteiger partial charge in [0, 0.05) is 11.1 Å². The molecule has 1 aliphatic rings. The van der Waals surface area contributed by atoms with Gasteiger partial charge in [-0.15, -0.1) is 0 Å². The average Bonchev–Trinajstić information content (AvgIpc) is 2.43. The van der Waals surface area contributed by atoms with E-state index in [-0.39, 0.29) is 11.9 Å². The van der Waals surface area contributed by atoms with Gasteiger partial charge in [0.05, 0.1) is 5.69 Å². The molecule has 1 unspecified atom stereocenters. The van der Waals surface area contributed by atoms with Crippen molar-refractivity contribution in [1.82, 2.24) is 0 Å². The van der Waals surface area contributed by atoms with Crippen LogP contribution >= 0.6 is 11.6 Å². The SMILES string of the molecule is Fc1ccc(Cl)cc1NC1CCc2ccccc2C1. The molecule has 1 atom stereocenters. The highest BCUT2D eigenvalue weighted by Crippen LogP contribution is 2.26. The molecule has 3 rings (SSSR count). The molecular formula is C16H15ClFN. The van der Waals surface area contributed by atoms with Gasteiger partial charge in [0.15, 0.2) is 0 Å². The zero-order valence-electron chi connectivity index (χ0n) is 10.5. The lowest BCUT2D eigenvalue weighted by atomic mass is 9.88. The first-order chi connectivity index (χ1) is 9.22. The number of rotatable bonds is 2. The minimum Gasteiger partial charge on any atom is -0.380 e. The number of hydrogen-bond donors (Lipinski definition) is 1. The van der Waals surface area contributed by atoms with Crippen LogP contribution in [0.4, 0.5) is 10.1 Å². The van der Waals surface area contributed by atoms with Crippen LogP contribution in [0.1, 0.15) is 17.5 Å². The average molecular weight is 276 g/mol. The summed E-state index contributed by atoms with van der Waals surface area (Å²) in [6.45, 7) is 0. The fourth-order valence-electron chi connectivity index (χ4n) is 2.65. The largest absolute Gasteiger partial charge is 0.380 e. The molecule has 0 fully saturated rings. The Kier molecular flexibility index (Phi) is 3.43. The van der Waals surface area contributed by atoms with Gasteiger partial charge in [-0.1, -0.05) is 35.9 Å². The molecule has 0 amide bonds.